The van der Waals surface area contributed by atoms with E-state index in [1.165, 1.54) is 48.7 Å². The van der Waals surface area contributed by atoms with Crippen LogP contribution in [0.25, 0.3) is 10.8 Å². The van der Waals surface area contributed by atoms with E-state index in [4.69, 9.17) is 0 Å². The van der Waals surface area contributed by atoms with Crippen LogP contribution in [0.1, 0.15) is 25.7 Å². The molecule has 2 aromatic carbocycles. The molecule has 112 valence electrons. The Morgan fingerprint density at radius 1 is 1.14 bits per heavy atom. The highest BCUT2D eigenvalue weighted by atomic mass is 79.9. The summed E-state index contributed by atoms with van der Waals surface area (Å²) in [5.74, 6) is 0. The SMILES string of the molecule is CN1CCCCC1CCNc1ccc2cc(Br)ccc2c1. The van der Waals surface area contributed by atoms with E-state index >= 15 is 0 Å². The van der Waals surface area contributed by atoms with Gasteiger partial charge in [0.2, 0.25) is 0 Å². The lowest BCUT2D eigenvalue weighted by Gasteiger charge is -2.32. The molecule has 1 unspecified atom stereocenters. The van der Waals surface area contributed by atoms with Gasteiger partial charge in [-0.05, 0) is 67.9 Å². The molecule has 1 aliphatic rings. The van der Waals surface area contributed by atoms with Crippen LogP contribution in [0.15, 0.2) is 40.9 Å². The normalized spacial score (nSPS) is 19.8. The van der Waals surface area contributed by atoms with Crippen molar-refractivity contribution in [3.05, 3.63) is 40.9 Å². The molecule has 3 rings (SSSR count). The molecule has 0 aliphatic carbocycles. The van der Waals surface area contributed by atoms with E-state index in [0.717, 1.165) is 17.1 Å². The summed E-state index contributed by atoms with van der Waals surface area (Å²) in [6.45, 7) is 2.31. The molecular weight excluding hydrogens is 324 g/mol. The summed E-state index contributed by atoms with van der Waals surface area (Å²) < 4.78 is 1.14. The first-order chi connectivity index (χ1) is 10.2. The molecule has 1 saturated heterocycles. The van der Waals surface area contributed by atoms with Crippen LogP contribution >= 0.6 is 15.9 Å². The second-order valence-electron chi connectivity index (χ2n) is 6.05. The molecule has 0 spiro atoms. The van der Waals surface area contributed by atoms with Gasteiger partial charge in [0.1, 0.15) is 0 Å². The van der Waals surface area contributed by atoms with E-state index in [9.17, 15) is 0 Å². The highest BCUT2D eigenvalue weighted by molar-refractivity contribution is 9.10. The van der Waals surface area contributed by atoms with Gasteiger partial charge in [-0.15, -0.1) is 0 Å². The second kappa shape index (κ2) is 6.80. The topological polar surface area (TPSA) is 15.3 Å². The number of anilines is 1. The Hall–Kier alpha value is -1.06. The Labute approximate surface area is 135 Å². The Kier molecular flexibility index (Phi) is 4.81. The Balaban J connectivity index is 1.59. The van der Waals surface area contributed by atoms with Crippen LogP contribution in [0.2, 0.25) is 0 Å². The van der Waals surface area contributed by atoms with Crippen molar-refractivity contribution in [2.75, 3.05) is 25.5 Å². The number of benzene rings is 2. The van der Waals surface area contributed by atoms with E-state index in [0.29, 0.717) is 0 Å². The number of fused-ring (bicyclic) bond motifs is 1. The van der Waals surface area contributed by atoms with Gasteiger partial charge >= 0.3 is 0 Å². The van der Waals surface area contributed by atoms with Crippen molar-refractivity contribution in [3.8, 4) is 0 Å². The second-order valence-corrected chi connectivity index (χ2v) is 6.97. The summed E-state index contributed by atoms with van der Waals surface area (Å²) in [5, 5.41) is 6.15. The van der Waals surface area contributed by atoms with Crippen LogP contribution < -0.4 is 5.32 Å². The molecule has 0 amide bonds. The Morgan fingerprint density at radius 3 is 2.81 bits per heavy atom. The molecule has 0 radical (unpaired) electrons. The van der Waals surface area contributed by atoms with Gasteiger partial charge in [0.05, 0.1) is 0 Å². The quantitative estimate of drug-likeness (QED) is 0.847. The molecule has 0 saturated carbocycles. The zero-order valence-corrected chi connectivity index (χ0v) is 14.2. The minimum Gasteiger partial charge on any atom is -0.385 e. The van der Waals surface area contributed by atoms with Crippen LogP contribution in [-0.4, -0.2) is 31.1 Å². The smallest absolute Gasteiger partial charge is 0.0346 e. The summed E-state index contributed by atoms with van der Waals surface area (Å²) in [7, 11) is 2.26. The van der Waals surface area contributed by atoms with Crippen molar-refractivity contribution in [1.82, 2.24) is 4.90 Å². The molecule has 2 aromatic rings. The number of likely N-dealkylation sites (tertiary alicyclic amines) is 1. The van der Waals surface area contributed by atoms with Gasteiger partial charge < -0.3 is 10.2 Å². The molecule has 1 N–H and O–H groups in total. The van der Waals surface area contributed by atoms with Crippen molar-refractivity contribution in [2.45, 2.75) is 31.7 Å². The lowest BCUT2D eigenvalue weighted by Crippen LogP contribution is -2.37. The maximum atomic E-state index is 3.58. The highest BCUT2D eigenvalue weighted by Gasteiger charge is 2.17. The monoisotopic (exact) mass is 346 g/mol. The summed E-state index contributed by atoms with van der Waals surface area (Å²) >= 11 is 3.52. The molecule has 1 heterocycles. The van der Waals surface area contributed by atoms with E-state index in [1.807, 2.05) is 0 Å². The molecule has 3 heteroatoms. The third-order valence-electron chi connectivity index (χ3n) is 4.53. The van der Waals surface area contributed by atoms with Crippen LogP contribution in [0.4, 0.5) is 5.69 Å². The third-order valence-corrected chi connectivity index (χ3v) is 5.02. The van der Waals surface area contributed by atoms with Crippen molar-refractivity contribution < 1.29 is 0 Å². The van der Waals surface area contributed by atoms with Crippen LogP contribution in [0.5, 0.6) is 0 Å². The van der Waals surface area contributed by atoms with Gasteiger partial charge in [-0.2, -0.15) is 0 Å². The minimum atomic E-state index is 0.752. The Bertz CT molecular complexity index is 611. The molecule has 21 heavy (non-hydrogen) atoms. The van der Waals surface area contributed by atoms with Gasteiger partial charge in [-0.3, -0.25) is 0 Å². The minimum absolute atomic E-state index is 0.752. The third kappa shape index (κ3) is 3.78. The fourth-order valence-corrected chi connectivity index (χ4v) is 3.60. The van der Waals surface area contributed by atoms with Crippen molar-refractivity contribution in [2.24, 2.45) is 0 Å². The molecule has 1 atom stereocenters. The van der Waals surface area contributed by atoms with Crippen molar-refractivity contribution in [1.29, 1.82) is 0 Å². The first-order valence-electron chi connectivity index (χ1n) is 7.86. The summed E-state index contributed by atoms with van der Waals surface area (Å²) in [4.78, 5) is 2.52. The molecule has 1 fully saturated rings. The lowest BCUT2D eigenvalue weighted by atomic mass is 10.00. The van der Waals surface area contributed by atoms with E-state index in [-0.39, 0.29) is 0 Å². The lowest BCUT2D eigenvalue weighted by molar-refractivity contribution is 0.179. The first-order valence-corrected chi connectivity index (χ1v) is 8.65. The molecule has 1 aliphatic heterocycles. The summed E-state index contributed by atoms with van der Waals surface area (Å²) in [6, 6.07) is 13.8. The maximum absolute atomic E-state index is 3.58. The van der Waals surface area contributed by atoms with Crippen LogP contribution in [0.3, 0.4) is 0 Å². The van der Waals surface area contributed by atoms with Crippen LogP contribution in [0, 0.1) is 0 Å². The van der Waals surface area contributed by atoms with Gasteiger partial charge in [-0.25, -0.2) is 0 Å². The predicted octanol–water partition coefficient (Wildman–Crippen LogP) is 4.89. The van der Waals surface area contributed by atoms with Crippen LogP contribution in [-0.2, 0) is 0 Å². The zero-order valence-electron chi connectivity index (χ0n) is 12.6. The zero-order chi connectivity index (χ0) is 14.7. The maximum Gasteiger partial charge on any atom is 0.0346 e. The van der Waals surface area contributed by atoms with E-state index in [2.05, 4.69) is 69.6 Å². The number of hydrogen-bond acceptors (Lipinski definition) is 2. The summed E-state index contributed by atoms with van der Waals surface area (Å²) in [5.41, 5.74) is 1.23. The van der Waals surface area contributed by atoms with E-state index in [1.54, 1.807) is 0 Å². The fraction of sp³-hybridized carbons (Fsp3) is 0.444. The number of halogens is 1. The summed E-state index contributed by atoms with van der Waals surface area (Å²) in [6.07, 6.45) is 5.33. The van der Waals surface area contributed by atoms with Crippen molar-refractivity contribution >= 4 is 32.4 Å². The van der Waals surface area contributed by atoms with E-state index < -0.39 is 0 Å². The number of nitrogens with one attached hydrogen (secondary N) is 1. The fourth-order valence-electron chi connectivity index (χ4n) is 3.22. The highest BCUT2D eigenvalue weighted by Crippen LogP contribution is 2.23. The van der Waals surface area contributed by atoms with Gasteiger partial charge in [0.25, 0.3) is 0 Å². The predicted molar refractivity (Wildman–Crippen MR) is 95.0 cm³/mol. The molecular formula is C18H23BrN2. The average Bonchev–Trinajstić information content (AvgIpc) is 2.49. The largest absolute Gasteiger partial charge is 0.385 e. The number of nitrogens with zero attached hydrogens (tertiary/aromatic N) is 1. The van der Waals surface area contributed by atoms with Gasteiger partial charge in [0, 0.05) is 22.7 Å². The number of rotatable bonds is 4. The van der Waals surface area contributed by atoms with Crippen molar-refractivity contribution in [3.63, 3.8) is 0 Å². The number of hydrogen-bond donors (Lipinski definition) is 1. The molecule has 0 aromatic heterocycles. The number of piperidine rings is 1. The molecule has 2 nitrogen and oxygen atoms in total. The molecule has 0 bridgehead atoms. The standard InChI is InChI=1S/C18H23BrN2/c1-21-11-3-2-4-18(21)9-10-20-17-8-6-14-12-16(19)7-5-15(14)13-17/h5-8,12-13,18,20H,2-4,9-11H2,1H3. The Morgan fingerprint density at radius 2 is 1.95 bits per heavy atom. The average molecular weight is 347 g/mol. The van der Waals surface area contributed by atoms with Gasteiger partial charge in [0.15, 0.2) is 0 Å². The van der Waals surface area contributed by atoms with Gasteiger partial charge in [-0.1, -0.05) is 34.5 Å². The first kappa shape index (κ1) is 14.9.